The molecule has 1 heterocycles. The Morgan fingerprint density at radius 2 is 1.61 bits per heavy atom. The second kappa shape index (κ2) is 7.96. The number of hydrogen-bond acceptors (Lipinski definition) is 5. The average Bonchev–Trinajstić information content (AvgIpc) is 3.47. The van der Waals surface area contributed by atoms with Crippen molar-refractivity contribution in [3.63, 3.8) is 0 Å². The van der Waals surface area contributed by atoms with E-state index < -0.39 is 17.0 Å². The maximum Gasteiger partial charge on any atom is 0.287 e. The van der Waals surface area contributed by atoms with Gasteiger partial charge >= 0.3 is 0 Å². The van der Waals surface area contributed by atoms with E-state index in [1.807, 2.05) is 42.5 Å². The monoisotopic (exact) mass is 442 g/mol. The van der Waals surface area contributed by atoms with Gasteiger partial charge in [-0.15, -0.1) is 0 Å². The van der Waals surface area contributed by atoms with Crippen LogP contribution >= 0.6 is 0 Å². The van der Waals surface area contributed by atoms with Gasteiger partial charge in [-0.1, -0.05) is 43.5 Å². The van der Waals surface area contributed by atoms with Crippen molar-refractivity contribution in [2.45, 2.75) is 56.0 Å². The SMILES string of the molecule is N#CC1(NC(=O)C2(NC(=O)c3cc4ccc(-c5ccc(N)cc5)cc4o3)CCCCC2)CC1. The van der Waals surface area contributed by atoms with Crippen LogP contribution in [-0.4, -0.2) is 22.9 Å². The van der Waals surface area contributed by atoms with Crippen molar-refractivity contribution in [3.05, 3.63) is 54.3 Å². The summed E-state index contributed by atoms with van der Waals surface area (Å²) in [6, 6.07) is 17.2. The van der Waals surface area contributed by atoms with E-state index in [0.29, 0.717) is 37.0 Å². The van der Waals surface area contributed by atoms with Gasteiger partial charge in [-0.2, -0.15) is 5.26 Å². The number of anilines is 1. The number of fused-ring (bicyclic) bond motifs is 1. The molecule has 2 fully saturated rings. The predicted molar refractivity (Wildman–Crippen MR) is 125 cm³/mol. The standard InChI is InChI=1S/C26H26N4O3/c27-16-25(12-13-25)30-24(32)26(10-2-1-3-11-26)29-23(31)22-15-19-5-4-18(14-21(19)33-22)17-6-8-20(28)9-7-17/h4-9,14-15H,1-3,10-13,28H2,(H,29,31)(H,30,32). The minimum absolute atomic E-state index is 0.165. The predicted octanol–water partition coefficient (Wildman–Crippen LogP) is 4.29. The van der Waals surface area contributed by atoms with Crippen molar-refractivity contribution in [3.8, 4) is 17.2 Å². The summed E-state index contributed by atoms with van der Waals surface area (Å²) < 4.78 is 5.90. The number of rotatable bonds is 5. The topological polar surface area (TPSA) is 121 Å². The Morgan fingerprint density at radius 1 is 0.909 bits per heavy atom. The molecule has 1 aromatic heterocycles. The number of amides is 2. The first-order chi connectivity index (χ1) is 15.9. The fourth-order valence-electron chi connectivity index (χ4n) is 4.57. The van der Waals surface area contributed by atoms with E-state index in [9.17, 15) is 14.9 Å². The molecule has 2 saturated carbocycles. The van der Waals surface area contributed by atoms with Gasteiger partial charge in [0.1, 0.15) is 16.7 Å². The Hall–Kier alpha value is -3.79. The number of benzene rings is 2. The minimum atomic E-state index is -1.02. The van der Waals surface area contributed by atoms with Crippen molar-refractivity contribution in [2.75, 3.05) is 5.73 Å². The summed E-state index contributed by atoms with van der Waals surface area (Å²) in [6.07, 6.45) is 5.11. The first-order valence-electron chi connectivity index (χ1n) is 11.4. The molecule has 2 aliphatic carbocycles. The van der Waals surface area contributed by atoms with Crippen LogP contribution in [0.3, 0.4) is 0 Å². The molecular formula is C26H26N4O3. The Bertz CT molecular complexity index is 1260. The summed E-state index contributed by atoms with van der Waals surface area (Å²) in [6.45, 7) is 0. The van der Waals surface area contributed by atoms with Gasteiger partial charge in [0.2, 0.25) is 5.91 Å². The quantitative estimate of drug-likeness (QED) is 0.509. The highest BCUT2D eigenvalue weighted by Gasteiger charge is 2.50. The van der Waals surface area contributed by atoms with Gasteiger partial charge in [0.05, 0.1) is 6.07 Å². The molecule has 168 valence electrons. The van der Waals surface area contributed by atoms with Crippen LogP contribution in [0, 0.1) is 11.3 Å². The van der Waals surface area contributed by atoms with E-state index >= 15 is 0 Å². The van der Waals surface area contributed by atoms with Gasteiger partial charge < -0.3 is 20.8 Å². The first kappa shape index (κ1) is 21.1. The van der Waals surface area contributed by atoms with Crippen LogP contribution in [0.1, 0.15) is 55.5 Å². The van der Waals surface area contributed by atoms with E-state index in [-0.39, 0.29) is 11.7 Å². The summed E-state index contributed by atoms with van der Waals surface area (Å²) in [5.74, 6) is -0.519. The molecule has 5 rings (SSSR count). The van der Waals surface area contributed by atoms with Crippen LogP contribution in [0.5, 0.6) is 0 Å². The molecule has 3 aromatic rings. The molecule has 0 saturated heterocycles. The van der Waals surface area contributed by atoms with E-state index in [4.69, 9.17) is 10.2 Å². The number of nitrogens with zero attached hydrogens (tertiary/aromatic N) is 1. The van der Waals surface area contributed by atoms with Crippen molar-refractivity contribution in [1.82, 2.24) is 10.6 Å². The number of nitrogens with two attached hydrogens (primary N) is 1. The highest BCUT2D eigenvalue weighted by molar-refractivity contribution is 6.00. The zero-order valence-electron chi connectivity index (χ0n) is 18.3. The lowest BCUT2D eigenvalue weighted by molar-refractivity contribution is -0.129. The highest BCUT2D eigenvalue weighted by atomic mass is 16.3. The Morgan fingerprint density at radius 3 is 2.27 bits per heavy atom. The summed E-state index contributed by atoms with van der Waals surface area (Å²) in [4.78, 5) is 26.4. The minimum Gasteiger partial charge on any atom is -0.451 e. The van der Waals surface area contributed by atoms with Crippen LogP contribution in [0.4, 0.5) is 5.69 Å². The molecular weight excluding hydrogens is 416 g/mol. The Labute approximate surface area is 191 Å². The van der Waals surface area contributed by atoms with Crippen LogP contribution in [0.2, 0.25) is 0 Å². The van der Waals surface area contributed by atoms with Crippen molar-refractivity contribution in [1.29, 1.82) is 5.26 Å². The molecule has 2 aromatic carbocycles. The zero-order valence-corrected chi connectivity index (χ0v) is 18.3. The number of nitrogens with one attached hydrogen (secondary N) is 2. The number of nitrogen functional groups attached to an aromatic ring is 1. The lowest BCUT2D eigenvalue weighted by atomic mass is 9.80. The van der Waals surface area contributed by atoms with Gasteiger partial charge in [-0.3, -0.25) is 9.59 Å². The summed E-state index contributed by atoms with van der Waals surface area (Å²) in [5.41, 5.74) is 7.23. The van der Waals surface area contributed by atoms with Gasteiger partial charge in [0, 0.05) is 11.1 Å². The normalized spacial score (nSPS) is 18.3. The molecule has 0 spiro atoms. The molecule has 0 bridgehead atoms. The fraction of sp³-hybridized carbons (Fsp3) is 0.346. The maximum atomic E-state index is 13.2. The highest BCUT2D eigenvalue weighted by Crippen LogP contribution is 2.37. The van der Waals surface area contributed by atoms with Crippen molar-refractivity contribution in [2.24, 2.45) is 0 Å². The molecule has 33 heavy (non-hydrogen) atoms. The molecule has 7 nitrogen and oxygen atoms in total. The third-order valence-electron chi connectivity index (χ3n) is 6.80. The second-order valence-electron chi connectivity index (χ2n) is 9.23. The molecule has 0 radical (unpaired) electrons. The average molecular weight is 443 g/mol. The largest absolute Gasteiger partial charge is 0.451 e. The van der Waals surface area contributed by atoms with Gasteiger partial charge in [-0.05, 0) is 61.1 Å². The molecule has 4 N–H and O–H groups in total. The second-order valence-corrected chi connectivity index (χ2v) is 9.23. The van der Waals surface area contributed by atoms with E-state index in [0.717, 1.165) is 35.8 Å². The van der Waals surface area contributed by atoms with Gasteiger partial charge in [0.15, 0.2) is 5.76 Å². The van der Waals surface area contributed by atoms with Gasteiger partial charge in [0.25, 0.3) is 5.91 Å². The summed E-state index contributed by atoms with van der Waals surface area (Å²) >= 11 is 0. The summed E-state index contributed by atoms with van der Waals surface area (Å²) in [7, 11) is 0. The van der Waals surface area contributed by atoms with E-state index in [1.165, 1.54) is 0 Å². The molecule has 0 atom stereocenters. The lowest BCUT2D eigenvalue weighted by Gasteiger charge is -2.37. The number of carbonyl (C=O) groups is 2. The molecule has 0 aliphatic heterocycles. The number of nitriles is 1. The van der Waals surface area contributed by atoms with Crippen LogP contribution in [-0.2, 0) is 4.79 Å². The molecule has 7 heteroatoms. The third-order valence-corrected chi connectivity index (χ3v) is 6.80. The van der Waals surface area contributed by atoms with Crippen LogP contribution in [0.25, 0.3) is 22.1 Å². The van der Waals surface area contributed by atoms with Crippen molar-refractivity contribution < 1.29 is 14.0 Å². The fourth-order valence-corrected chi connectivity index (χ4v) is 4.57. The number of hydrogen-bond donors (Lipinski definition) is 3. The Balaban J connectivity index is 1.39. The number of carbonyl (C=O) groups excluding carboxylic acids is 2. The third kappa shape index (κ3) is 4.05. The van der Waals surface area contributed by atoms with E-state index in [2.05, 4.69) is 16.7 Å². The Kier molecular flexibility index (Phi) is 5.09. The first-order valence-corrected chi connectivity index (χ1v) is 11.4. The maximum absolute atomic E-state index is 13.2. The lowest BCUT2D eigenvalue weighted by Crippen LogP contribution is -2.61. The summed E-state index contributed by atoms with van der Waals surface area (Å²) in [5, 5.41) is 16.0. The van der Waals surface area contributed by atoms with Gasteiger partial charge in [-0.25, -0.2) is 0 Å². The van der Waals surface area contributed by atoms with E-state index in [1.54, 1.807) is 6.07 Å². The zero-order chi connectivity index (χ0) is 23.1. The smallest absolute Gasteiger partial charge is 0.287 e. The molecule has 0 unspecified atom stereocenters. The molecule has 2 amide bonds. The number of furan rings is 1. The van der Waals surface area contributed by atoms with Crippen molar-refractivity contribution >= 4 is 28.5 Å². The van der Waals surface area contributed by atoms with Crippen LogP contribution < -0.4 is 16.4 Å². The molecule has 2 aliphatic rings. The van der Waals surface area contributed by atoms with Crippen LogP contribution in [0.15, 0.2) is 52.9 Å².